The van der Waals surface area contributed by atoms with Gasteiger partial charge in [-0.3, -0.25) is 9.80 Å². The van der Waals surface area contributed by atoms with E-state index in [1.807, 2.05) is 14.1 Å². The lowest BCUT2D eigenvalue weighted by Crippen LogP contribution is -2.40. The second-order valence-corrected chi connectivity index (χ2v) is 4.83. The van der Waals surface area contributed by atoms with E-state index in [0.717, 1.165) is 38.8 Å². The lowest BCUT2D eigenvalue weighted by atomic mass is 10.1. The molecule has 2 atom stereocenters. The molecule has 0 aliphatic heterocycles. The third-order valence-electron chi connectivity index (χ3n) is 3.29. The summed E-state index contributed by atoms with van der Waals surface area (Å²) >= 11 is 0. The molecule has 0 saturated carbocycles. The van der Waals surface area contributed by atoms with Gasteiger partial charge < -0.3 is 0 Å². The summed E-state index contributed by atoms with van der Waals surface area (Å²) in [5.41, 5.74) is 0. The molecule has 0 spiro atoms. The molecule has 0 amide bonds. The Hall–Kier alpha value is -1.10. The van der Waals surface area contributed by atoms with E-state index in [1.165, 1.54) is 0 Å². The summed E-state index contributed by atoms with van der Waals surface area (Å²) in [6.45, 7) is 5.85. The Morgan fingerprint density at radius 2 is 1.17 bits per heavy atom. The van der Waals surface area contributed by atoms with Crippen LogP contribution in [0.5, 0.6) is 0 Å². The lowest BCUT2D eigenvalue weighted by molar-refractivity contribution is 0.204. The third kappa shape index (κ3) is 6.00. The van der Waals surface area contributed by atoms with Crippen molar-refractivity contribution in [2.45, 2.75) is 51.6 Å². The van der Waals surface area contributed by atoms with Gasteiger partial charge in [-0.25, -0.2) is 0 Å². The fourth-order valence-electron chi connectivity index (χ4n) is 1.94. The van der Waals surface area contributed by atoms with Gasteiger partial charge >= 0.3 is 0 Å². The molecular formula is C14H26N4. The molecule has 0 rings (SSSR count). The number of rotatable bonds is 9. The van der Waals surface area contributed by atoms with E-state index in [4.69, 9.17) is 10.5 Å². The highest BCUT2D eigenvalue weighted by atomic mass is 15.2. The van der Waals surface area contributed by atoms with Gasteiger partial charge in [-0.1, -0.05) is 26.7 Å². The van der Waals surface area contributed by atoms with Crippen LogP contribution in [0, 0.1) is 22.7 Å². The molecule has 18 heavy (non-hydrogen) atoms. The second kappa shape index (κ2) is 9.88. The van der Waals surface area contributed by atoms with Crippen molar-refractivity contribution in [3.05, 3.63) is 0 Å². The van der Waals surface area contributed by atoms with E-state index >= 15 is 0 Å². The van der Waals surface area contributed by atoms with Gasteiger partial charge in [-0.05, 0) is 26.9 Å². The predicted octanol–water partition coefficient (Wildman–Crippen LogP) is 2.23. The molecule has 0 aliphatic carbocycles. The third-order valence-corrected chi connectivity index (χ3v) is 3.29. The number of hydrogen-bond donors (Lipinski definition) is 0. The molecule has 0 heterocycles. The van der Waals surface area contributed by atoms with Gasteiger partial charge in [0.1, 0.15) is 0 Å². The smallest absolute Gasteiger partial charge is 0.0975 e. The zero-order chi connectivity index (χ0) is 14.0. The molecule has 0 radical (unpaired) electrons. The van der Waals surface area contributed by atoms with E-state index in [2.05, 4.69) is 35.8 Å². The zero-order valence-electron chi connectivity index (χ0n) is 12.2. The van der Waals surface area contributed by atoms with Crippen molar-refractivity contribution >= 4 is 0 Å². The fraction of sp³-hybridized carbons (Fsp3) is 0.857. The van der Waals surface area contributed by atoms with E-state index in [0.29, 0.717) is 0 Å². The molecule has 0 aromatic heterocycles. The summed E-state index contributed by atoms with van der Waals surface area (Å²) < 4.78 is 0. The van der Waals surface area contributed by atoms with Gasteiger partial charge in [0.2, 0.25) is 0 Å². The first-order valence-electron chi connectivity index (χ1n) is 6.80. The molecule has 4 heteroatoms. The Morgan fingerprint density at radius 3 is 1.39 bits per heavy atom. The van der Waals surface area contributed by atoms with Crippen LogP contribution in [0.2, 0.25) is 0 Å². The summed E-state index contributed by atoms with van der Waals surface area (Å²) in [5.74, 6) is 0. The molecule has 0 aromatic rings. The van der Waals surface area contributed by atoms with Crippen LogP contribution < -0.4 is 0 Å². The van der Waals surface area contributed by atoms with Gasteiger partial charge in [0.25, 0.3) is 0 Å². The number of hydrogen-bond acceptors (Lipinski definition) is 4. The minimum absolute atomic E-state index is 0.00453. The monoisotopic (exact) mass is 250 g/mol. The van der Waals surface area contributed by atoms with Crippen LogP contribution in [0.3, 0.4) is 0 Å². The first kappa shape index (κ1) is 16.9. The Balaban J connectivity index is 4.15. The normalized spacial score (nSPS) is 14.2. The average Bonchev–Trinajstić information content (AvgIpc) is 2.38. The Bertz CT molecular complexity index is 259. The molecular weight excluding hydrogens is 224 g/mol. The number of nitriles is 2. The standard InChI is InChI=1S/C14H26N4/c1-5-7-13(11-15)17(3)9-10-18(4)14(12-16)8-6-2/h13-14H,5-10H2,1-4H3. The lowest BCUT2D eigenvalue weighted by Gasteiger charge is -2.27. The van der Waals surface area contributed by atoms with E-state index < -0.39 is 0 Å². The Morgan fingerprint density at radius 1 is 0.833 bits per heavy atom. The zero-order valence-corrected chi connectivity index (χ0v) is 12.2. The summed E-state index contributed by atoms with van der Waals surface area (Å²) in [6, 6.07) is 4.67. The van der Waals surface area contributed by atoms with Crippen LogP contribution in [-0.2, 0) is 0 Å². The molecule has 0 fully saturated rings. The van der Waals surface area contributed by atoms with Crippen molar-refractivity contribution in [2.24, 2.45) is 0 Å². The summed E-state index contributed by atoms with van der Waals surface area (Å²) in [7, 11) is 3.97. The van der Waals surface area contributed by atoms with Crippen LogP contribution >= 0.6 is 0 Å². The first-order chi connectivity index (χ1) is 8.60. The Kier molecular flexibility index (Phi) is 9.28. The molecule has 102 valence electrons. The molecule has 4 nitrogen and oxygen atoms in total. The minimum Gasteiger partial charge on any atom is -0.290 e. The van der Waals surface area contributed by atoms with Crippen molar-refractivity contribution in [3.63, 3.8) is 0 Å². The van der Waals surface area contributed by atoms with Gasteiger partial charge in [-0.2, -0.15) is 10.5 Å². The van der Waals surface area contributed by atoms with Crippen molar-refractivity contribution in [3.8, 4) is 12.1 Å². The topological polar surface area (TPSA) is 54.1 Å². The number of nitrogens with zero attached hydrogens (tertiary/aromatic N) is 4. The molecule has 0 aliphatic rings. The van der Waals surface area contributed by atoms with Crippen molar-refractivity contribution < 1.29 is 0 Å². The first-order valence-corrected chi connectivity index (χ1v) is 6.80. The quantitative estimate of drug-likeness (QED) is 0.629. The maximum atomic E-state index is 9.07. The SMILES string of the molecule is CCCC(C#N)N(C)CCN(C)C(C#N)CCC. The highest BCUT2D eigenvalue weighted by Crippen LogP contribution is 2.06. The largest absolute Gasteiger partial charge is 0.290 e. The highest BCUT2D eigenvalue weighted by molar-refractivity contribution is 4.92. The maximum Gasteiger partial charge on any atom is 0.0975 e. The van der Waals surface area contributed by atoms with Crippen LogP contribution in [0.4, 0.5) is 0 Å². The van der Waals surface area contributed by atoms with Crippen LogP contribution in [0.25, 0.3) is 0 Å². The van der Waals surface area contributed by atoms with Crippen LogP contribution in [0.15, 0.2) is 0 Å². The predicted molar refractivity (Wildman–Crippen MR) is 73.9 cm³/mol. The molecule has 0 bridgehead atoms. The van der Waals surface area contributed by atoms with Crippen LogP contribution in [-0.4, -0.2) is 49.1 Å². The average molecular weight is 250 g/mol. The molecule has 0 saturated heterocycles. The van der Waals surface area contributed by atoms with Gasteiger partial charge in [-0.15, -0.1) is 0 Å². The van der Waals surface area contributed by atoms with Gasteiger partial charge in [0.15, 0.2) is 0 Å². The fourth-order valence-corrected chi connectivity index (χ4v) is 1.94. The minimum atomic E-state index is -0.00453. The van der Waals surface area contributed by atoms with E-state index in [9.17, 15) is 0 Å². The summed E-state index contributed by atoms with van der Waals surface area (Å²) in [6.07, 6.45) is 3.87. The second-order valence-electron chi connectivity index (χ2n) is 4.83. The van der Waals surface area contributed by atoms with E-state index in [1.54, 1.807) is 0 Å². The van der Waals surface area contributed by atoms with Crippen LogP contribution in [0.1, 0.15) is 39.5 Å². The van der Waals surface area contributed by atoms with E-state index in [-0.39, 0.29) is 12.1 Å². The highest BCUT2D eigenvalue weighted by Gasteiger charge is 2.16. The van der Waals surface area contributed by atoms with Gasteiger partial charge in [0, 0.05) is 13.1 Å². The summed E-state index contributed by atoms with van der Waals surface area (Å²) in [5, 5.41) is 18.1. The van der Waals surface area contributed by atoms with Crippen molar-refractivity contribution in [1.29, 1.82) is 10.5 Å². The maximum absolute atomic E-state index is 9.07. The number of likely N-dealkylation sites (N-methyl/N-ethyl adjacent to an activating group) is 2. The van der Waals surface area contributed by atoms with Crippen molar-refractivity contribution in [1.82, 2.24) is 9.80 Å². The molecule has 2 unspecified atom stereocenters. The molecule has 0 N–H and O–H groups in total. The van der Waals surface area contributed by atoms with Crippen molar-refractivity contribution in [2.75, 3.05) is 27.2 Å². The summed E-state index contributed by atoms with van der Waals surface area (Å²) in [4.78, 5) is 4.17. The molecule has 0 aromatic carbocycles. The van der Waals surface area contributed by atoms with Gasteiger partial charge in [0.05, 0.1) is 24.2 Å². The Labute approximate surface area is 112 Å².